The van der Waals surface area contributed by atoms with Crippen molar-refractivity contribution in [2.24, 2.45) is 23.2 Å². The molecule has 1 heterocycles. The number of ether oxygens (including phenoxy) is 1. The number of nitrogens with one attached hydrogen (secondary N) is 2. The normalized spacial score (nSPS) is 32.3. The van der Waals surface area contributed by atoms with Crippen molar-refractivity contribution in [2.75, 3.05) is 18.1 Å². The third kappa shape index (κ3) is 4.75. The fraction of sp³-hybridized carbons (Fsp3) is 0.727. The molecule has 4 bridgehead atoms. The van der Waals surface area contributed by atoms with Gasteiger partial charge in [-0.3, -0.25) is 0 Å². The Morgan fingerprint density at radius 3 is 2.61 bits per heavy atom. The number of carbonyl (C=O) groups is 1. The molecule has 1 aromatic rings. The smallest absolute Gasteiger partial charge is 0.407 e. The minimum Gasteiger partial charge on any atom is -0.609 e. The van der Waals surface area contributed by atoms with Crippen LogP contribution in [0.4, 0.5) is 10.6 Å². The highest BCUT2D eigenvalue weighted by molar-refractivity contribution is 7.90. The van der Waals surface area contributed by atoms with E-state index in [0.717, 1.165) is 38.6 Å². The molecule has 6 atom stereocenters. The lowest BCUT2D eigenvalue weighted by molar-refractivity contribution is -0.0703. The van der Waals surface area contributed by atoms with Crippen LogP contribution in [-0.4, -0.2) is 45.1 Å². The molecule has 1 amide bonds. The molecule has 0 spiro atoms. The molecule has 0 aromatic carbocycles. The third-order valence-corrected chi connectivity index (χ3v) is 7.57. The average molecular weight is 446 g/mol. The number of hydrogen-bond donors (Lipinski definition) is 2. The summed E-state index contributed by atoms with van der Waals surface area (Å²) in [5.41, 5.74) is -0.00681. The summed E-state index contributed by atoms with van der Waals surface area (Å²) in [5.74, 6) is 2.03. The molecule has 0 radical (unpaired) electrons. The topological polar surface area (TPSA) is 123 Å². The number of hydrogen-bond acceptors (Lipinski definition) is 7. The average Bonchev–Trinajstić information content (AvgIpc) is 2.67. The number of amides is 1. The van der Waals surface area contributed by atoms with Gasteiger partial charge in [0, 0.05) is 23.8 Å². The monoisotopic (exact) mass is 445 g/mol. The van der Waals surface area contributed by atoms with Gasteiger partial charge in [-0.1, -0.05) is 0 Å². The van der Waals surface area contributed by atoms with Crippen LogP contribution >= 0.6 is 0 Å². The van der Waals surface area contributed by atoms with E-state index in [-0.39, 0.29) is 22.7 Å². The fourth-order valence-corrected chi connectivity index (χ4v) is 6.50. The molecule has 4 fully saturated rings. The highest BCUT2D eigenvalue weighted by Crippen LogP contribution is 2.60. The maximum Gasteiger partial charge on any atom is 0.407 e. The fourth-order valence-electron chi connectivity index (χ4n) is 6.08. The van der Waals surface area contributed by atoms with E-state index in [1.807, 2.05) is 20.8 Å². The van der Waals surface area contributed by atoms with E-state index in [0.29, 0.717) is 29.1 Å². The Bertz CT molecular complexity index is 878. The number of rotatable bonds is 5. The second-order valence-electron chi connectivity index (χ2n) is 10.5. The molecule has 1 aromatic heterocycles. The Kier molecular flexibility index (Phi) is 5.81. The summed E-state index contributed by atoms with van der Waals surface area (Å²) in [6.07, 6.45) is 8.17. The van der Waals surface area contributed by atoms with Crippen molar-refractivity contribution in [1.82, 2.24) is 15.3 Å². The third-order valence-electron chi connectivity index (χ3n) is 6.86. The van der Waals surface area contributed by atoms with Crippen LogP contribution in [-0.2, 0) is 15.9 Å². The molecule has 4 aliphatic rings. The number of nitrogens with zero attached hydrogens (tertiary/aromatic N) is 3. The molecule has 8 nitrogen and oxygen atoms in total. The number of alkyl carbamates (subject to hydrolysis) is 1. The molecule has 168 valence electrons. The second kappa shape index (κ2) is 8.14. The molecule has 4 unspecified atom stereocenters. The van der Waals surface area contributed by atoms with Crippen molar-refractivity contribution < 1.29 is 14.1 Å². The van der Waals surface area contributed by atoms with Crippen LogP contribution in [0.5, 0.6) is 0 Å². The number of anilines is 1. The molecule has 9 heteroatoms. The lowest BCUT2D eigenvalue weighted by Gasteiger charge is -2.60. The minimum atomic E-state index is -1.31. The maximum atomic E-state index is 12.4. The number of carbonyl (C=O) groups excluding carboxylic acids is 1. The first-order valence-corrected chi connectivity index (χ1v) is 12.5. The predicted molar refractivity (Wildman–Crippen MR) is 117 cm³/mol. The number of aromatic nitrogens is 2. The summed E-state index contributed by atoms with van der Waals surface area (Å²) in [5, 5.41) is 16.2. The lowest BCUT2D eigenvalue weighted by atomic mass is 9.48. The first-order valence-electron chi connectivity index (χ1n) is 10.9. The zero-order valence-corrected chi connectivity index (χ0v) is 19.4. The molecule has 4 saturated carbocycles. The Labute approximate surface area is 186 Å². The Morgan fingerprint density at radius 2 is 2.03 bits per heavy atom. The standard InChI is InChI=1S/C22H31N5O3S/c1-21(2,3)30-20(28)26-17-14-5-13-6-15(17)9-22(7-13,8-14)12-25-18-16(10-23)11-24-19(27-18)31(4)29/h11,13-15,17H,5-9,12H2,1-4H3,(H,26,28)(H,24,25,27)/t13?,14-,15+,17?,22?,31?. The maximum absolute atomic E-state index is 12.4. The van der Waals surface area contributed by atoms with Crippen molar-refractivity contribution in [3.8, 4) is 6.07 Å². The Hall–Kier alpha value is -2.05. The summed E-state index contributed by atoms with van der Waals surface area (Å²) in [4.78, 5) is 20.7. The minimum absolute atomic E-state index is 0.131. The van der Waals surface area contributed by atoms with Crippen LogP contribution in [0.3, 0.4) is 0 Å². The quantitative estimate of drug-likeness (QED) is 0.527. The lowest BCUT2D eigenvalue weighted by Crippen LogP contribution is -2.60. The Morgan fingerprint density at radius 1 is 1.35 bits per heavy atom. The second-order valence-corrected chi connectivity index (χ2v) is 11.7. The molecular weight excluding hydrogens is 414 g/mol. The molecule has 4 aliphatic carbocycles. The van der Waals surface area contributed by atoms with Crippen molar-refractivity contribution >= 4 is 23.1 Å². The summed E-state index contributed by atoms with van der Waals surface area (Å²) < 4.78 is 17.3. The van der Waals surface area contributed by atoms with E-state index in [1.165, 1.54) is 12.5 Å². The van der Waals surface area contributed by atoms with Crippen LogP contribution in [0.2, 0.25) is 0 Å². The highest BCUT2D eigenvalue weighted by Gasteiger charge is 2.55. The molecule has 5 rings (SSSR count). The van der Waals surface area contributed by atoms with E-state index >= 15 is 0 Å². The van der Waals surface area contributed by atoms with Gasteiger partial charge in [-0.25, -0.2) is 4.79 Å². The van der Waals surface area contributed by atoms with Gasteiger partial charge in [0.1, 0.15) is 23.5 Å². The molecule has 2 N–H and O–H groups in total. The van der Waals surface area contributed by atoms with E-state index in [1.54, 1.807) is 0 Å². The summed E-state index contributed by atoms with van der Waals surface area (Å²) in [6, 6.07) is 2.29. The van der Waals surface area contributed by atoms with Gasteiger partial charge < -0.3 is 19.9 Å². The van der Waals surface area contributed by atoms with Gasteiger partial charge in [0.15, 0.2) is 5.82 Å². The van der Waals surface area contributed by atoms with E-state index in [4.69, 9.17) is 4.74 Å². The van der Waals surface area contributed by atoms with Crippen LogP contribution in [0, 0.1) is 34.5 Å². The molecule has 0 aliphatic heterocycles. The molecular formula is C22H31N5O3S. The molecule has 31 heavy (non-hydrogen) atoms. The van der Waals surface area contributed by atoms with E-state index < -0.39 is 16.8 Å². The van der Waals surface area contributed by atoms with Gasteiger partial charge in [-0.15, -0.1) is 0 Å². The van der Waals surface area contributed by atoms with Crippen molar-refractivity contribution in [1.29, 1.82) is 5.26 Å². The van der Waals surface area contributed by atoms with Gasteiger partial charge in [-0.05, 0) is 76.0 Å². The van der Waals surface area contributed by atoms with Gasteiger partial charge >= 0.3 is 11.2 Å². The van der Waals surface area contributed by atoms with Gasteiger partial charge in [0.05, 0.1) is 6.20 Å². The van der Waals surface area contributed by atoms with Crippen molar-refractivity contribution in [2.45, 2.75) is 69.7 Å². The van der Waals surface area contributed by atoms with Crippen LogP contribution < -0.4 is 10.6 Å². The van der Waals surface area contributed by atoms with Crippen molar-refractivity contribution in [3.63, 3.8) is 0 Å². The number of nitriles is 1. The van der Waals surface area contributed by atoms with Crippen LogP contribution in [0.25, 0.3) is 0 Å². The predicted octanol–water partition coefficient (Wildman–Crippen LogP) is 3.22. The summed E-state index contributed by atoms with van der Waals surface area (Å²) in [6.45, 7) is 6.36. The largest absolute Gasteiger partial charge is 0.609 e. The first-order chi connectivity index (χ1) is 14.6. The highest BCUT2D eigenvalue weighted by atomic mass is 32.2. The van der Waals surface area contributed by atoms with Gasteiger partial charge in [0.25, 0.3) is 0 Å². The van der Waals surface area contributed by atoms with E-state index in [9.17, 15) is 14.6 Å². The SMILES string of the molecule is C[S+]([O-])c1ncc(C#N)c(NCC23CC4C[C@H](C2)C(NC(=O)OC(C)(C)C)[C@@H](C4)C3)n1. The zero-order chi connectivity index (χ0) is 22.4. The zero-order valence-electron chi connectivity index (χ0n) is 18.6. The summed E-state index contributed by atoms with van der Waals surface area (Å²) in [7, 11) is 0. The van der Waals surface area contributed by atoms with E-state index in [2.05, 4.69) is 26.7 Å². The van der Waals surface area contributed by atoms with Crippen molar-refractivity contribution in [3.05, 3.63) is 11.8 Å². The summed E-state index contributed by atoms with van der Waals surface area (Å²) >= 11 is -1.31. The van der Waals surface area contributed by atoms with Gasteiger partial charge in [0.2, 0.25) is 0 Å². The van der Waals surface area contributed by atoms with Gasteiger partial charge in [-0.2, -0.15) is 15.2 Å². The van der Waals surface area contributed by atoms with Crippen LogP contribution in [0.1, 0.15) is 58.4 Å². The Balaban J connectivity index is 1.45. The van der Waals surface area contributed by atoms with Crippen LogP contribution in [0.15, 0.2) is 11.4 Å². The molecule has 0 saturated heterocycles. The first kappa shape index (κ1) is 22.2.